The largest absolute Gasteiger partial charge is 0.406 e. The van der Waals surface area contributed by atoms with E-state index in [9.17, 15) is 0 Å². The van der Waals surface area contributed by atoms with Crippen LogP contribution in [0.2, 0.25) is 0 Å². The molecule has 3 heteroatoms. The molecule has 0 aliphatic rings. The standard InChI is InChI=1S/C16H20O2Si/c1-13-10-14(2)12-16(11-13)19(17-3,18-4)15-8-6-5-7-9-15/h5-12H,1-4H3. The second kappa shape index (κ2) is 5.69. The van der Waals surface area contributed by atoms with Crippen molar-refractivity contribution in [1.82, 2.24) is 0 Å². The second-order valence-corrected chi connectivity index (χ2v) is 7.97. The molecule has 0 aromatic heterocycles. The molecule has 0 bridgehead atoms. The quantitative estimate of drug-likeness (QED) is 0.794. The maximum absolute atomic E-state index is 5.89. The van der Waals surface area contributed by atoms with Crippen molar-refractivity contribution in [3.05, 3.63) is 59.7 Å². The van der Waals surface area contributed by atoms with E-state index in [1.54, 1.807) is 14.2 Å². The van der Waals surface area contributed by atoms with E-state index in [4.69, 9.17) is 8.85 Å². The maximum Gasteiger partial charge on any atom is 0.406 e. The Morgan fingerprint density at radius 3 is 1.74 bits per heavy atom. The van der Waals surface area contributed by atoms with Crippen LogP contribution in [0, 0.1) is 13.8 Å². The molecule has 100 valence electrons. The van der Waals surface area contributed by atoms with E-state index in [2.05, 4.69) is 44.2 Å². The van der Waals surface area contributed by atoms with Crippen LogP contribution in [0.1, 0.15) is 11.1 Å². The molecule has 0 saturated carbocycles. The zero-order chi connectivity index (χ0) is 13.9. The summed E-state index contributed by atoms with van der Waals surface area (Å²) < 4.78 is 11.8. The fraction of sp³-hybridized carbons (Fsp3) is 0.250. The molecule has 0 N–H and O–H groups in total. The second-order valence-electron chi connectivity index (χ2n) is 4.77. The van der Waals surface area contributed by atoms with Gasteiger partial charge in [-0.15, -0.1) is 0 Å². The highest BCUT2D eigenvalue weighted by Gasteiger charge is 2.40. The van der Waals surface area contributed by atoms with Gasteiger partial charge in [0.1, 0.15) is 0 Å². The van der Waals surface area contributed by atoms with E-state index in [-0.39, 0.29) is 0 Å². The molecule has 0 heterocycles. The van der Waals surface area contributed by atoms with E-state index in [0.717, 1.165) is 10.4 Å². The van der Waals surface area contributed by atoms with Crippen LogP contribution in [0.5, 0.6) is 0 Å². The van der Waals surface area contributed by atoms with Crippen LogP contribution in [0.25, 0.3) is 0 Å². The Morgan fingerprint density at radius 1 is 0.737 bits per heavy atom. The van der Waals surface area contributed by atoms with Gasteiger partial charge in [-0.2, -0.15) is 0 Å². The fourth-order valence-electron chi connectivity index (χ4n) is 2.54. The van der Waals surface area contributed by atoms with E-state index >= 15 is 0 Å². The van der Waals surface area contributed by atoms with Crippen LogP contribution in [-0.4, -0.2) is 22.8 Å². The topological polar surface area (TPSA) is 18.5 Å². The van der Waals surface area contributed by atoms with Crippen molar-refractivity contribution in [2.75, 3.05) is 14.2 Å². The molecule has 0 atom stereocenters. The lowest BCUT2D eigenvalue weighted by molar-refractivity contribution is 0.272. The molecule has 2 aromatic rings. The summed E-state index contributed by atoms with van der Waals surface area (Å²) in [5, 5.41) is 2.28. The number of benzene rings is 2. The van der Waals surface area contributed by atoms with Crippen LogP contribution in [-0.2, 0) is 8.85 Å². The van der Waals surface area contributed by atoms with Crippen LogP contribution in [0.4, 0.5) is 0 Å². The first kappa shape index (κ1) is 14.0. The summed E-state index contributed by atoms with van der Waals surface area (Å²) in [6.07, 6.45) is 0. The van der Waals surface area contributed by atoms with Gasteiger partial charge in [-0.05, 0) is 24.2 Å². The lowest BCUT2D eigenvalue weighted by Gasteiger charge is -2.28. The maximum atomic E-state index is 5.89. The van der Waals surface area contributed by atoms with Gasteiger partial charge >= 0.3 is 8.56 Å². The molecule has 0 radical (unpaired) electrons. The third-order valence-corrected chi connectivity index (χ3v) is 6.62. The van der Waals surface area contributed by atoms with Crippen molar-refractivity contribution >= 4 is 18.9 Å². The van der Waals surface area contributed by atoms with Crippen molar-refractivity contribution in [1.29, 1.82) is 0 Å². The van der Waals surface area contributed by atoms with Gasteiger partial charge in [0, 0.05) is 14.2 Å². The van der Waals surface area contributed by atoms with Crippen LogP contribution >= 0.6 is 0 Å². The number of rotatable bonds is 4. The average molecular weight is 272 g/mol. The third-order valence-electron chi connectivity index (χ3n) is 3.33. The average Bonchev–Trinajstić information content (AvgIpc) is 2.41. The van der Waals surface area contributed by atoms with Gasteiger partial charge in [-0.3, -0.25) is 0 Å². The summed E-state index contributed by atoms with van der Waals surface area (Å²) in [6.45, 7) is 4.21. The normalized spacial score (nSPS) is 11.6. The van der Waals surface area contributed by atoms with E-state index in [1.807, 2.05) is 18.2 Å². The Balaban J connectivity index is 2.62. The van der Waals surface area contributed by atoms with Gasteiger partial charge in [0.2, 0.25) is 0 Å². The highest BCUT2D eigenvalue weighted by atomic mass is 28.4. The Morgan fingerprint density at radius 2 is 1.26 bits per heavy atom. The van der Waals surface area contributed by atoms with Gasteiger partial charge < -0.3 is 8.85 Å². The van der Waals surface area contributed by atoms with Crippen molar-refractivity contribution in [2.24, 2.45) is 0 Å². The molecule has 0 spiro atoms. The lowest BCUT2D eigenvalue weighted by Crippen LogP contribution is -2.62. The van der Waals surface area contributed by atoms with Crippen LogP contribution in [0.3, 0.4) is 0 Å². The van der Waals surface area contributed by atoms with Gasteiger partial charge in [0.15, 0.2) is 0 Å². The Hall–Kier alpha value is -1.42. The van der Waals surface area contributed by atoms with Gasteiger partial charge in [-0.1, -0.05) is 59.7 Å². The molecule has 2 nitrogen and oxygen atoms in total. The summed E-state index contributed by atoms with van der Waals surface area (Å²) in [7, 11) is 0.915. The summed E-state index contributed by atoms with van der Waals surface area (Å²) in [4.78, 5) is 0. The summed E-state index contributed by atoms with van der Waals surface area (Å²) in [5.41, 5.74) is 2.47. The predicted octanol–water partition coefficient (Wildman–Crippen LogP) is 2.15. The van der Waals surface area contributed by atoms with Gasteiger partial charge in [-0.25, -0.2) is 0 Å². The minimum Gasteiger partial charge on any atom is -0.391 e. The van der Waals surface area contributed by atoms with E-state index < -0.39 is 8.56 Å². The predicted molar refractivity (Wildman–Crippen MR) is 81.4 cm³/mol. The first-order valence-corrected chi connectivity index (χ1v) is 8.18. The van der Waals surface area contributed by atoms with Crippen molar-refractivity contribution in [3.63, 3.8) is 0 Å². The van der Waals surface area contributed by atoms with Crippen molar-refractivity contribution in [3.8, 4) is 0 Å². The molecule has 0 fully saturated rings. The number of hydrogen-bond acceptors (Lipinski definition) is 2. The molecule has 0 aliphatic heterocycles. The van der Waals surface area contributed by atoms with Gasteiger partial charge in [0.05, 0.1) is 0 Å². The molecule has 0 unspecified atom stereocenters. The van der Waals surface area contributed by atoms with Crippen molar-refractivity contribution in [2.45, 2.75) is 13.8 Å². The molecular weight excluding hydrogens is 252 g/mol. The highest BCUT2D eigenvalue weighted by Crippen LogP contribution is 2.10. The zero-order valence-electron chi connectivity index (χ0n) is 11.9. The molecule has 0 amide bonds. The highest BCUT2D eigenvalue weighted by molar-refractivity contribution is 6.92. The first-order valence-electron chi connectivity index (χ1n) is 6.37. The lowest BCUT2D eigenvalue weighted by atomic mass is 10.2. The minimum atomic E-state index is -2.56. The van der Waals surface area contributed by atoms with Gasteiger partial charge in [0.25, 0.3) is 0 Å². The summed E-state index contributed by atoms with van der Waals surface area (Å²) in [5.74, 6) is 0. The molecule has 0 saturated heterocycles. The fourth-order valence-corrected chi connectivity index (χ4v) is 5.45. The van der Waals surface area contributed by atoms with E-state index in [0.29, 0.717) is 0 Å². The smallest absolute Gasteiger partial charge is 0.391 e. The Kier molecular flexibility index (Phi) is 4.19. The van der Waals surface area contributed by atoms with Crippen LogP contribution < -0.4 is 10.4 Å². The molecule has 0 aliphatic carbocycles. The third kappa shape index (κ3) is 2.63. The first-order chi connectivity index (χ1) is 9.12. The SMILES string of the molecule is CO[Si](OC)(c1ccccc1)c1cc(C)cc(C)c1. The minimum absolute atomic E-state index is 1.13. The number of hydrogen-bond donors (Lipinski definition) is 0. The summed E-state index contributed by atoms with van der Waals surface area (Å²) in [6, 6.07) is 16.7. The zero-order valence-corrected chi connectivity index (χ0v) is 12.9. The molecule has 2 aromatic carbocycles. The monoisotopic (exact) mass is 272 g/mol. The molecular formula is C16H20O2Si. The summed E-state index contributed by atoms with van der Waals surface area (Å²) >= 11 is 0. The molecule has 2 rings (SSSR count). The van der Waals surface area contributed by atoms with E-state index in [1.165, 1.54) is 11.1 Å². The molecule has 19 heavy (non-hydrogen) atoms. The number of aryl methyl sites for hydroxylation is 2. The van der Waals surface area contributed by atoms with Crippen LogP contribution in [0.15, 0.2) is 48.5 Å². The van der Waals surface area contributed by atoms with Crippen molar-refractivity contribution < 1.29 is 8.85 Å². The Labute approximate surface area is 116 Å². The Bertz CT molecular complexity index is 528.